The Balaban J connectivity index is 2.26. The first-order valence-corrected chi connectivity index (χ1v) is 6.96. The van der Waals surface area contributed by atoms with Gasteiger partial charge in [0.15, 0.2) is 0 Å². The van der Waals surface area contributed by atoms with Gasteiger partial charge < -0.3 is 10.3 Å². The highest BCUT2D eigenvalue weighted by Gasteiger charge is 2.17. The van der Waals surface area contributed by atoms with Crippen molar-refractivity contribution in [2.45, 2.75) is 27.2 Å². The molecule has 0 aliphatic carbocycles. The summed E-state index contributed by atoms with van der Waals surface area (Å²) in [6, 6.07) is 9.32. The molecule has 0 fully saturated rings. The van der Waals surface area contributed by atoms with Crippen molar-refractivity contribution in [1.82, 2.24) is 4.98 Å². The number of carbonyl (C=O) groups is 1. The van der Waals surface area contributed by atoms with Gasteiger partial charge in [0.2, 0.25) is 5.91 Å². The number of anilines is 1. The second-order valence-electron chi connectivity index (χ2n) is 6.06. The van der Waals surface area contributed by atoms with E-state index in [2.05, 4.69) is 10.3 Å². The Morgan fingerprint density at radius 1 is 1.30 bits per heavy atom. The van der Waals surface area contributed by atoms with E-state index in [-0.39, 0.29) is 11.3 Å². The number of nitrogens with one attached hydrogen (secondary N) is 2. The number of H-pyrrole nitrogens is 1. The normalized spacial score (nSPS) is 11.4. The summed E-state index contributed by atoms with van der Waals surface area (Å²) in [5.74, 6) is 0.00706. The van der Waals surface area contributed by atoms with Crippen LogP contribution in [0.4, 0.5) is 5.69 Å². The molecule has 0 bridgehead atoms. The van der Waals surface area contributed by atoms with E-state index in [1.54, 1.807) is 6.07 Å². The molecule has 0 aliphatic rings. The predicted octanol–water partition coefficient (Wildman–Crippen LogP) is 4.71. The van der Waals surface area contributed by atoms with Gasteiger partial charge in [-0.3, -0.25) is 4.79 Å². The molecular formula is C16H19ClN2O. The topological polar surface area (TPSA) is 44.9 Å². The Morgan fingerprint density at radius 2 is 2.05 bits per heavy atom. The van der Waals surface area contributed by atoms with Gasteiger partial charge in [0, 0.05) is 28.9 Å². The molecule has 0 saturated heterocycles. The van der Waals surface area contributed by atoms with Crippen LogP contribution in [0.3, 0.4) is 0 Å². The third kappa shape index (κ3) is 3.87. The summed E-state index contributed by atoms with van der Waals surface area (Å²) in [5, 5.41) is 3.61. The van der Waals surface area contributed by atoms with Crippen LogP contribution in [0.1, 0.15) is 27.2 Å². The third-order valence-electron chi connectivity index (χ3n) is 2.83. The number of carbonyl (C=O) groups excluding carboxylic acids is 1. The van der Waals surface area contributed by atoms with Crippen LogP contribution in [0.2, 0.25) is 5.02 Å². The highest BCUT2D eigenvalue weighted by molar-refractivity contribution is 6.31. The molecule has 2 rings (SSSR count). The molecule has 0 unspecified atom stereocenters. The van der Waals surface area contributed by atoms with Gasteiger partial charge in [-0.15, -0.1) is 0 Å². The number of benzene rings is 1. The molecule has 0 saturated carbocycles. The first-order chi connectivity index (χ1) is 9.35. The summed E-state index contributed by atoms with van der Waals surface area (Å²) < 4.78 is 0. The Morgan fingerprint density at radius 3 is 2.65 bits per heavy atom. The Kier molecular flexibility index (Phi) is 4.19. The minimum Gasteiger partial charge on any atom is -0.361 e. The average Bonchev–Trinajstić information content (AvgIpc) is 2.82. The van der Waals surface area contributed by atoms with Crippen LogP contribution in [-0.4, -0.2) is 10.9 Å². The quantitative estimate of drug-likeness (QED) is 0.845. The lowest BCUT2D eigenvalue weighted by Gasteiger charge is -2.18. The largest absolute Gasteiger partial charge is 0.361 e. The van der Waals surface area contributed by atoms with Gasteiger partial charge in [0.1, 0.15) is 0 Å². The summed E-state index contributed by atoms with van der Waals surface area (Å²) in [4.78, 5) is 15.2. The summed E-state index contributed by atoms with van der Waals surface area (Å²) in [6.07, 6.45) is 2.32. The molecule has 106 valence electrons. The van der Waals surface area contributed by atoms with Crippen molar-refractivity contribution in [3.05, 3.63) is 41.6 Å². The Labute approximate surface area is 124 Å². The first kappa shape index (κ1) is 14.7. The van der Waals surface area contributed by atoms with Gasteiger partial charge in [-0.2, -0.15) is 0 Å². The molecule has 20 heavy (non-hydrogen) atoms. The van der Waals surface area contributed by atoms with E-state index in [0.717, 1.165) is 16.9 Å². The summed E-state index contributed by atoms with van der Waals surface area (Å²) in [7, 11) is 0. The Bertz CT molecular complexity index is 597. The molecule has 1 amide bonds. The molecule has 0 atom stereocenters. The van der Waals surface area contributed by atoms with Crippen LogP contribution in [0, 0.1) is 5.41 Å². The smallest absolute Gasteiger partial charge is 0.224 e. The third-order valence-corrected chi connectivity index (χ3v) is 3.07. The fourth-order valence-electron chi connectivity index (χ4n) is 2.02. The highest BCUT2D eigenvalue weighted by atomic mass is 35.5. The zero-order valence-corrected chi connectivity index (χ0v) is 12.7. The fourth-order valence-corrected chi connectivity index (χ4v) is 2.19. The second kappa shape index (κ2) is 5.71. The molecular weight excluding hydrogens is 272 g/mol. The summed E-state index contributed by atoms with van der Waals surface area (Å²) in [6.45, 7) is 6.13. The molecule has 1 aromatic carbocycles. The van der Waals surface area contributed by atoms with Gasteiger partial charge in [-0.05, 0) is 35.7 Å². The maximum absolute atomic E-state index is 12.1. The van der Waals surface area contributed by atoms with E-state index in [4.69, 9.17) is 11.6 Å². The van der Waals surface area contributed by atoms with E-state index < -0.39 is 0 Å². The number of hydrogen-bond acceptors (Lipinski definition) is 1. The minimum absolute atomic E-state index is 0.00706. The zero-order valence-electron chi connectivity index (χ0n) is 12.0. The van der Waals surface area contributed by atoms with Crippen LogP contribution >= 0.6 is 11.6 Å². The van der Waals surface area contributed by atoms with Crippen molar-refractivity contribution in [2.75, 3.05) is 5.32 Å². The highest BCUT2D eigenvalue weighted by Crippen LogP contribution is 2.30. The number of halogens is 1. The van der Waals surface area contributed by atoms with Crippen molar-refractivity contribution < 1.29 is 4.79 Å². The van der Waals surface area contributed by atoms with Gasteiger partial charge in [0.05, 0.1) is 5.69 Å². The maximum Gasteiger partial charge on any atom is 0.224 e. The molecule has 4 heteroatoms. The van der Waals surface area contributed by atoms with E-state index in [1.165, 1.54) is 0 Å². The molecule has 1 heterocycles. The van der Waals surface area contributed by atoms with Crippen molar-refractivity contribution in [3.63, 3.8) is 0 Å². The lowest BCUT2D eigenvalue weighted by atomic mass is 9.92. The Hall–Kier alpha value is -1.74. The number of rotatable bonds is 3. The van der Waals surface area contributed by atoms with Gasteiger partial charge in [-0.1, -0.05) is 32.4 Å². The number of aromatic amines is 1. The second-order valence-corrected chi connectivity index (χ2v) is 6.50. The van der Waals surface area contributed by atoms with Gasteiger partial charge in [-0.25, -0.2) is 0 Å². The zero-order chi connectivity index (χ0) is 14.8. The molecule has 2 aromatic rings. The number of hydrogen-bond donors (Lipinski definition) is 2. The summed E-state index contributed by atoms with van der Waals surface area (Å²) in [5.41, 5.74) is 2.55. The van der Waals surface area contributed by atoms with Gasteiger partial charge in [0.25, 0.3) is 0 Å². The van der Waals surface area contributed by atoms with Crippen molar-refractivity contribution in [1.29, 1.82) is 0 Å². The van der Waals surface area contributed by atoms with Gasteiger partial charge >= 0.3 is 0 Å². The molecule has 2 N–H and O–H groups in total. The number of amides is 1. The first-order valence-electron chi connectivity index (χ1n) is 6.58. The van der Waals surface area contributed by atoms with Crippen LogP contribution < -0.4 is 5.32 Å². The fraction of sp³-hybridized carbons (Fsp3) is 0.312. The van der Waals surface area contributed by atoms with Crippen LogP contribution in [0.25, 0.3) is 11.3 Å². The standard InChI is InChI=1S/C16H19ClN2O/c1-16(2,3)10-15(20)19-14-7-6-11(17)9-12(14)13-5-4-8-18-13/h4-9,18H,10H2,1-3H3,(H,19,20). The van der Waals surface area contributed by atoms with Crippen LogP contribution in [0.5, 0.6) is 0 Å². The van der Waals surface area contributed by atoms with E-state index in [1.807, 2.05) is 51.2 Å². The van der Waals surface area contributed by atoms with Crippen molar-refractivity contribution in [3.8, 4) is 11.3 Å². The van der Waals surface area contributed by atoms with E-state index in [0.29, 0.717) is 11.4 Å². The minimum atomic E-state index is -0.0386. The lowest BCUT2D eigenvalue weighted by molar-refractivity contribution is -0.117. The summed E-state index contributed by atoms with van der Waals surface area (Å²) >= 11 is 6.05. The molecule has 0 aliphatic heterocycles. The predicted molar refractivity (Wildman–Crippen MR) is 83.9 cm³/mol. The monoisotopic (exact) mass is 290 g/mol. The SMILES string of the molecule is CC(C)(C)CC(=O)Nc1ccc(Cl)cc1-c1ccc[nH]1. The molecule has 0 spiro atoms. The molecule has 0 radical (unpaired) electrons. The van der Waals surface area contributed by atoms with E-state index >= 15 is 0 Å². The lowest BCUT2D eigenvalue weighted by Crippen LogP contribution is -2.20. The molecule has 1 aromatic heterocycles. The van der Waals surface area contributed by atoms with Crippen LogP contribution in [-0.2, 0) is 4.79 Å². The maximum atomic E-state index is 12.1. The van der Waals surface area contributed by atoms with E-state index in [9.17, 15) is 4.79 Å². The average molecular weight is 291 g/mol. The van der Waals surface area contributed by atoms with Crippen molar-refractivity contribution in [2.24, 2.45) is 5.41 Å². The van der Waals surface area contributed by atoms with Crippen LogP contribution in [0.15, 0.2) is 36.5 Å². The number of aromatic nitrogens is 1. The van der Waals surface area contributed by atoms with Crippen molar-refractivity contribution >= 4 is 23.2 Å². The molecule has 3 nitrogen and oxygen atoms in total.